The zero-order chi connectivity index (χ0) is 8.74. The van der Waals surface area contributed by atoms with Crippen molar-refractivity contribution in [2.45, 2.75) is 58.9 Å². The molecule has 0 bridgehead atoms. The maximum atomic E-state index is 3.46. The van der Waals surface area contributed by atoms with Crippen LogP contribution in [0.15, 0.2) is 0 Å². The summed E-state index contributed by atoms with van der Waals surface area (Å²) < 4.78 is 0. The van der Waals surface area contributed by atoms with Crippen molar-refractivity contribution in [3.05, 3.63) is 0 Å². The molecule has 76 valence electrons. The van der Waals surface area contributed by atoms with Gasteiger partial charge in [0.05, 0.1) is 0 Å². The molecule has 1 heterocycles. The van der Waals surface area contributed by atoms with Crippen LogP contribution in [0.25, 0.3) is 0 Å². The number of nitrogens with one attached hydrogen (secondary N) is 1. The van der Waals surface area contributed by atoms with Gasteiger partial charge in [0.1, 0.15) is 0 Å². The predicted octanol–water partition coefficient (Wildman–Crippen LogP) is 2.13. The molecule has 0 aromatic heterocycles. The first-order chi connectivity index (χ1) is 5.12. The summed E-state index contributed by atoms with van der Waals surface area (Å²) >= 11 is 0. The highest BCUT2D eigenvalue weighted by Crippen LogP contribution is 2.16. The average molecular weight is 175 g/mol. The van der Waals surface area contributed by atoms with Gasteiger partial charge in [-0.05, 0) is 33.2 Å². The first kappa shape index (κ1) is 14.4. The van der Waals surface area contributed by atoms with Gasteiger partial charge in [0.25, 0.3) is 0 Å². The Morgan fingerprint density at radius 2 is 1.67 bits per heavy atom. The van der Waals surface area contributed by atoms with Crippen molar-refractivity contribution in [1.82, 2.24) is 5.32 Å². The monoisotopic (exact) mass is 175 g/mol. The molecule has 1 aliphatic rings. The largest absolute Gasteiger partial charge is 0.412 e. The zero-order valence-corrected chi connectivity index (χ0v) is 9.04. The van der Waals surface area contributed by atoms with Crippen LogP contribution in [-0.2, 0) is 0 Å². The Hall–Kier alpha value is -0.0800. The van der Waals surface area contributed by atoms with Gasteiger partial charge in [-0.1, -0.05) is 26.7 Å². The molecule has 1 fully saturated rings. The van der Waals surface area contributed by atoms with E-state index in [4.69, 9.17) is 0 Å². The lowest BCUT2D eigenvalue weighted by atomic mass is 9.93. The lowest BCUT2D eigenvalue weighted by Gasteiger charge is -2.30. The minimum atomic E-state index is 0. The van der Waals surface area contributed by atoms with Crippen LogP contribution in [0.2, 0.25) is 0 Å². The SMILES string of the molecule is CC1(C)CCCCN1.CCC.O. The molecule has 0 amide bonds. The van der Waals surface area contributed by atoms with E-state index in [1.165, 1.54) is 32.2 Å². The van der Waals surface area contributed by atoms with E-state index in [-0.39, 0.29) is 5.48 Å². The van der Waals surface area contributed by atoms with Gasteiger partial charge in [-0.25, -0.2) is 0 Å². The lowest BCUT2D eigenvalue weighted by molar-refractivity contribution is 0.304. The molecule has 1 aliphatic heterocycles. The standard InChI is InChI=1S/C7H15N.C3H8.H2O/c1-7(2)5-3-4-6-8-7;1-3-2;/h8H,3-6H2,1-2H3;3H2,1-2H3;1H2. The molecule has 0 aromatic rings. The molecule has 0 unspecified atom stereocenters. The summed E-state index contributed by atoms with van der Waals surface area (Å²) in [7, 11) is 0. The predicted molar refractivity (Wildman–Crippen MR) is 55.5 cm³/mol. The minimum absolute atomic E-state index is 0. The van der Waals surface area contributed by atoms with Gasteiger partial charge < -0.3 is 10.8 Å². The second-order valence-electron chi connectivity index (χ2n) is 3.97. The van der Waals surface area contributed by atoms with Crippen LogP contribution < -0.4 is 5.32 Å². The van der Waals surface area contributed by atoms with Crippen molar-refractivity contribution < 1.29 is 5.48 Å². The van der Waals surface area contributed by atoms with Crippen LogP contribution in [0.1, 0.15) is 53.4 Å². The van der Waals surface area contributed by atoms with E-state index >= 15 is 0 Å². The van der Waals surface area contributed by atoms with Crippen molar-refractivity contribution in [3.63, 3.8) is 0 Å². The number of hydrogen-bond donors (Lipinski definition) is 1. The van der Waals surface area contributed by atoms with E-state index in [1.54, 1.807) is 0 Å². The third kappa shape index (κ3) is 8.02. The highest BCUT2D eigenvalue weighted by molar-refractivity contribution is 4.80. The van der Waals surface area contributed by atoms with Gasteiger partial charge in [-0.2, -0.15) is 0 Å². The molecule has 12 heavy (non-hydrogen) atoms. The quantitative estimate of drug-likeness (QED) is 0.602. The van der Waals surface area contributed by atoms with E-state index in [0.29, 0.717) is 5.54 Å². The van der Waals surface area contributed by atoms with Crippen molar-refractivity contribution in [2.24, 2.45) is 0 Å². The first-order valence-electron chi connectivity index (χ1n) is 4.87. The van der Waals surface area contributed by atoms with Crippen molar-refractivity contribution in [2.75, 3.05) is 6.54 Å². The van der Waals surface area contributed by atoms with E-state index < -0.39 is 0 Å². The molecule has 1 saturated heterocycles. The Labute approximate surface area is 77.1 Å². The van der Waals surface area contributed by atoms with Crippen LogP contribution in [0.4, 0.5) is 0 Å². The fraction of sp³-hybridized carbons (Fsp3) is 1.00. The van der Waals surface area contributed by atoms with Gasteiger partial charge in [0, 0.05) is 5.54 Å². The molecule has 1 rings (SSSR count). The Morgan fingerprint density at radius 3 is 1.83 bits per heavy atom. The van der Waals surface area contributed by atoms with Crippen LogP contribution in [0.3, 0.4) is 0 Å². The van der Waals surface area contributed by atoms with E-state index in [1.807, 2.05) is 0 Å². The molecule has 0 saturated carbocycles. The van der Waals surface area contributed by atoms with E-state index in [2.05, 4.69) is 33.0 Å². The second kappa shape index (κ2) is 7.56. The Morgan fingerprint density at radius 1 is 1.17 bits per heavy atom. The molecule has 3 N–H and O–H groups in total. The topological polar surface area (TPSA) is 43.5 Å². The summed E-state index contributed by atoms with van der Waals surface area (Å²) in [5.41, 5.74) is 0.429. The van der Waals surface area contributed by atoms with Crippen LogP contribution in [0.5, 0.6) is 0 Å². The smallest absolute Gasteiger partial charge is 0.0125 e. The third-order valence-electron chi connectivity index (χ3n) is 1.83. The summed E-state index contributed by atoms with van der Waals surface area (Å²) in [5.74, 6) is 0. The maximum absolute atomic E-state index is 3.46. The molecule has 0 radical (unpaired) electrons. The number of piperidine rings is 1. The Kier molecular flexibility index (Phi) is 9.10. The molecular weight excluding hydrogens is 150 g/mol. The molecule has 0 spiro atoms. The Balaban J connectivity index is 0. The molecular formula is C10H25NO. The molecule has 0 aliphatic carbocycles. The van der Waals surface area contributed by atoms with E-state index in [9.17, 15) is 0 Å². The molecule has 0 aromatic carbocycles. The fourth-order valence-electron chi connectivity index (χ4n) is 1.21. The second-order valence-corrected chi connectivity index (χ2v) is 3.97. The molecule has 2 heteroatoms. The van der Waals surface area contributed by atoms with Gasteiger partial charge in [-0.15, -0.1) is 0 Å². The Bertz CT molecular complexity index is 83.8. The van der Waals surface area contributed by atoms with Gasteiger partial charge in [0.2, 0.25) is 0 Å². The molecule has 2 nitrogen and oxygen atoms in total. The van der Waals surface area contributed by atoms with Gasteiger partial charge in [-0.3, -0.25) is 0 Å². The van der Waals surface area contributed by atoms with Gasteiger partial charge in [0.15, 0.2) is 0 Å². The summed E-state index contributed by atoms with van der Waals surface area (Å²) in [6.07, 6.45) is 5.36. The van der Waals surface area contributed by atoms with Gasteiger partial charge >= 0.3 is 0 Å². The zero-order valence-electron chi connectivity index (χ0n) is 9.04. The van der Waals surface area contributed by atoms with Crippen molar-refractivity contribution in [3.8, 4) is 0 Å². The third-order valence-corrected chi connectivity index (χ3v) is 1.83. The van der Waals surface area contributed by atoms with Crippen LogP contribution in [-0.4, -0.2) is 17.6 Å². The lowest BCUT2D eigenvalue weighted by Crippen LogP contribution is -2.42. The average Bonchev–Trinajstić information content (AvgIpc) is 1.88. The summed E-state index contributed by atoms with van der Waals surface area (Å²) in [4.78, 5) is 0. The van der Waals surface area contributed by atoms with Crippen LogP contribution in [0, 0.1) is 0 Å². The van der Waals surface area contributed by atoms with E-state index in [0.717, 1.165) is 0 Å². The van der Waals surface area contributed by atoms with Crippen molar-refractivity contribution >= 4 is 0 Å². The normalized spacial score (nSPS) is 20.0. The first-order valence-corrected chi connectivity index (χ1v) is 4.87. The minimum Gasteiger partial charge on any atom is -0.412 e. The highest BCUT2D eigenvalue weighted by Gasteiger charge is 2.18. The fourth-order valence-corrected chi connectivity index (χ4v) is 1.21. The molecule has 0 atom stereocenters. The number of hydrogen-bond acceptors (Lipinski definition) is 1. The highest BCUT2D eigenvalue weighted by atomic mass is 16.0. The maximum Gasteiger partial charge on any atom is 0.0125 e. The summed E-state index contributed by atoms with van der Waals surface area (Å²) in [6, 6.07) is 0. The number of rotatable bonds is 0. The van der Waals surface area contributed by atoms with Crippen molar-refractivity contribution in [1.29, 1.82) is 0 Å². The summed E-state index contributed by atoms with van der Waals surface area (Å²) in [5, 5.41) is 3.46. The van der Waals surface area contributed by atoms with Crippen LogP contribution >= 0.6 is 0 Å². The summed E-state index contributed by atoms with van der Waals surface area (Å²) in [6.45, 7) is 10.0.